The van der Waals surface area contributed by atoms with E-state index in [2.05, 4.69) is 4.90 Å². The van der Waals surface area contributed by atoms with Crippen LogP contribution in [0.4, 0.5) is 4.39 Å². The molecule has 20 heavy (non-hydrogen) atoms. The molecule has 1 spiro atoms. The summed E-state index contributed by atoms with van der Waals surface area (Å²) in [4.78, 5) is 2.15. The molecular weight excluding hydrogens is 281 g/mol. The van der Waals surface area contributed by atoms with Gasteiger partial charge in [-0.2, -0.15) is 0 Å². The Hall–Kier alpha value is -0.680. The van der Waals surface area contributed by atoms with E-state index >= 15 is 0 Å². The number of piperidine rings is 1. The van der Waals surface area contributed by atoms with Crippen LogP contribution in [0.25, 0.3) is 0 Å². The molecule has 2 aliphatic rings. The summed E-state index contributed by atoms with van der Waals surface area (Å²) in [5.41, 5.74) is 0.284. The summed E-state index contributed by atoms with van der Waals surface area (Å²) in [6.45, 7) is 2.05. The summed E-state index contributed by atoms with van der Waals surface area (Å²) in [6, 6.07) is 5.05. The van der Waals surface area contributed by atoms with Gasteiger partial charge in [-0.05, 0) is 32.0 Å². The molecule has 1 heterocycles. The van der Waals surface area contributed by atoms with Crippen LogP contribution >= 0.6 is 11.6 Å². The second kappa shape index (κ2) is 5.26. The van der Waals surface area contributed by atoms with Crippen molar-refractivity contribution in [3.05, 3.63) is 34.6 Å². The van der Waals surface area contributed by atoms with Gasteiger partial charge in [0.25, 0.3) is 0 Å². The highest BCUT2D eigenvalue weighted by atomic mass is 35.5. The number of hydrogen-bond acceptors (Lipinski definition) is 3. The number of aliphatic hydroxyl groups is 2. The van der Waals surface area contributed by atoms with Crippen LogP contribution in [0, 0.1) is 11.2 Å². The van der Waals surface area contributed by atoms with E-state index in [1.54, 1.807) is 18.2 Å². The van der Waals surface area contributed by atoms with Crippen LogP contribution in [0.1, 0.15) is 24.8 Å². The van der Waals surface area contributed by atoms with Crippen LogP contribution in [0.15, 0.2) is 18.2 Å². The zero-order valence-electron chi connectivity index (χ0n) is 11.2. The van der Waals surface area contributed by atoms with Gasteiger partial charge in [-0.15, -0.1) is 0 Å². The van der Waals surface area contributed by atoms with E-state index in [-0.39, 0.29) is 28.5 Å². The van der Waals surface area contributed by atoms with Crippen LogP contribution in [-0.2, 0) is 6.54 Å². The van der Waals surface area contributed by atoms with Crippen molar-refractivity contribution < 1.29 is 14.6 Å². The lowest BCUT2D eigenvalue weighted by molar-refractivity contribution is -0.190. The first-order chi connectivity index (χ1) is 9.53. The lowest BCUT2D eigenvalue weighted by Gasteiger charge is -2.55. The third-order valence-electron chi connectivity index (χ3n) is 4.99. The van der Waals surface area contributed by atoms with Gasteiger partial charge < -0.3 is 10.2 Å². The molecule has 2 N–H and O–H groups in total. The number of halogens is 2. The van der Waals surface area contributed by atoms with Crippen molar-refractivity contribution in [3.8, 4) is 0 Å². The van der Waals surface area contributed by atoms with E-state index in [0.29, 0.717) is 18.5 Å². The predicted octanol–water partition coefficient (Wildman–Crippen LogP) is 2.19. The average molecular weight is 300 g/mol. The van der Waals surface area contributed by atoms with Crippen LogP contribution in [-0.4, -0.2) is 40.4 Å². The number of hydrogen-bond donors (Lipinski definition) is 2. The first-order valence-electron chi connectivity index (χ1n) is 7.04. The number of nitrogens with zero attached hydrogens (tertiary/aromatic N) is 1. The highest BCUT2D eigenvalue weighted by Crippen LogP contribution is 2.49. The number of likely N-dealkylation sites (tertiary alicyclic amines) is 1. The highest BCUT2D eigenvalue weighted by molar-refractivity contribution is 6.30. The number of aliphatic hydroxyl groups excluding tert-OH is 2. The largest absolute Gasteiger partial charge is 0.392 e. The molecule has 3 rings (SSSR count). The Labute approximate surface area is 123 Å². The lowest BCUT2D eigenvalue weighted by Crippen LogP contribution is -2.61. The molecule has 0 aromatic heterocycles. The number of benzene rings is 1. The third-order valence-corrected chi connectivity index (χ3v) is 5.28. The van der Waals surface area contributed by atoms with Crippen molar-refractivity contribution >= 4 is 11.6 Å². The monoisotopic (exact) mass is 299 g/mol. The van der Waals surface area contributed by atoms with Crippen LogP contribution in [0.2, 0.25) is 5.02 Å². The van der Waals surface area contributed by atoms with Crippen molar-refractivity contribution in [1.29, 1.82) is 0 Å². The van der Waals surface area contributed by atoms with Gasteiger partial charge >= 0.3 is 0 Å². The zero-order chi connectivity index (χ0) is 14.3. The zero-order valence-corrected chi connectivity index (χ0v) is 12.0. The molecule has 5 heteroatoms. The molecule has 1 aromatic rings. The molecule has 1 saturated carbocycles. The van der Waals surface area contributed by atoms with E-state index in [9.17, 15) is 14.6 Å². The van der Waals surface area contributed by atoms with Gasteiger partial charge in [-0.3, -0.25) is 4.90 Å². The average Bonchev–Trinajstić information content (AvgIpc) is 2.45. The summed E-state index contributed by atoms with van der Waals surface area (Å²) >= 11 is 5.79. The Morgan fingerprint density at radius 3 is 2.50 bits per heavy atom. The standard InChI is InChI=1S/C15H19ClFNO2/c16-11-3-1-2-10(14(11)17)9-18-6-4-15(5-7-18)12(19)8-13(15)20/h1-3,12-13,19-20H,4-9H2/t12-,13+. The molecule has 2 atom stereocenters. The van der Waals surface area contributed by atoms with Gasteiger partial charge in [0, 0.05) is 23.9 Å². The first-order valence-corrected chi connectivity index (χ1v) is 7.42. The second-order valence-electron chi connectivity index (χ2n) is 5.99. The summed E-state index contributed by atoms with van der Waals surface area (Å²) in [7, 11) is 0. The maximum Gasteiger partial charge on any atom is 0.146 e. The molecule has 0 bridgehead atoms. The van der Waals surface area contributed by atoms with Gasteiger partial charge in [-0.25, -0.2) is 4.39 Å². The highest BCUT2D eigenvalue weighted by Gasteiger charge is 2.54. The topological polar surface area (TPSA) is 43.7 Å². The van der Waals surface area contributed by atoms with Crippen LogP contribution < -0.4 is 0 Å². The van der Waals surface area contributed by atoms with Crippen molar-refractivity contribution in [1.82, 2.24) is 4.90 Å². The predicted molar refractivity (Wildman–Crippen MR) is 75.0 cm³/mol. The lowest BCUT2D eigenvalue weighted by atomic mass is 9.58. The maximum absolute atomic E-state index is 13.9. The van der Waals surface area contributed by atoms with E-state index in [1.807, 2.05) is 0 Å². The smallest absolute Gasteiger partial charge is 0.146 e. The second-order valence-corrected chi connectivity index (χ2v) is 6.40. The molecule has 110 valence electrons. The fourth-order valence-corrected chi connectivity index (χ4v) is 3.64. The SMILES string of the molecule is O[C@@H]1C[C@H](O)C12CCN(Cc1cccc(Cl)c1F)CC2. The van der Waals surface area contributed by atoms with E-state index in [1.165, 1.54) is 0 Å². The molecule has 3 nitrogen and oxygen atoms in total. The van der Waals surface area contributed by atoms with E-state index in [0.717, 1.165) is 25.9 Å². The minimum Gasteiger partial charge on any atom is -0.392 e. The van der Waals surface area contributed by atoms with Gasteiger partial charge in [0.15, 0.2) is 0 Å². The summed E-state index contributed by atoms with van der Waals surface area (Å²) in [5, 5.41) is 19.9. The van der Waals surface area contributed by atoms with Crippen molar-refractivity contribution in [2.45, 2.75) is 38.0 Å². The van der Waals surface area contributed by atoms with Gasteiger partial charge in [0.2, 0.25) is 0 Å². The summed E-state index contributed by atoms with van der Waals surface area (Å²) < 4.78 is 13.9. The van der Waals surface area contributed by atoms with Crippen molar-refractivity contribution in [2.24, 2.45) is 5.41 Å². The first kappa shape index (κ1) is 14.3. The normalized spacial score (nSPS) is 29.4. The Morgan fingerprint density at radius 1 is 1.25 bits per heavy atom. The summed E-state index contributed by atoms with van der Waals surface area (Å²) in [6.07, 6.45) is 1.24. The van der Waals surface area contributed by atoms with Crippen LogP contribution in [0.3, 0.4) is 0 Å². The molecule has 1 saturated heterocycles. The van der Waals surface area contributed by atoms with Crippen LogP contribution in [0.5, 0.6) is 0 Å². The van der Waals surface area contributed by atoms with Crippen molar-refractivity contribution in [2.75, 3.05) is 13.1 Å². The number of rotatable bonds is 2. The minimum absolute atomic E-state index is 0.154. The fraction of sp³-hybridized carbons (Fsp3) is 0.600. The van der Waals surface area contributed by atoms with E-state index < -0.39 is 0 Å². The maximum atomic E-state index is 13.9. The molecule has 1 aliphatic heterocycles. The van der Waals surface area contributed by atoms with Crippen molar-refractivity contribution in [3.63, 3.8) is 0 Å². The molecule has 0 unspecified atom stereocenters. The molecule has 1 aliphatic carbocycles. The minimum atomic E-state index is -0.387. The third kappa shape index (κ3) is 2.25. The molecular formula is C15H19ClFNO2. The summed E-state index contributed by atoms with van der Waals surface area (Å²) in [5.74, 6) is -0.349. The quantitative estimate of drug-likeness (QED) is 0.880. The van der Waals surface area contributed by atoms with Gasteiger partial charge in [0.05, 0.1) is 17.2 Å². The molecule has 1 aromatic carbocycles. The fourth-order valence-electron chi connectivity index (χ4n) is 3.45. The van der Waals surface area contributed by atoms with Gasteiger partial charge in [0.1, 0.15) is 5.82 Å². The Kier molecular flexibility index (Phi) is 3.75. The molecule has 0 radical (unpaired) electrons. The Morgan fingerprint density at radius 2 is 1.90 bits per heavy atom. The Bertz CT molecular complexity index is 493. The molecule has 0 amide bonds. The van der Waals surface area contributed by atoms with Gasteiger partial charge in [-0.1, -0.05) is 23.7 Å². The molecule has 2 fully saturated rings. The Balaban J connectivity index is 1.63. The van der Waals surface area contributed by atoms with E-state index in [4.69, 9.17) is 11.6 Å².